The third kappa shape index (κ3) is 3.25. The molecule has 1 heterocycles. The summed E-state index contributed by atoms with van der Waals surface area (Å²) in [4.78, 5) is 10.6. The Bertz CT molecular complexity index is 429. The van der Waals surface area contributed by atoms with E-state index in [9.17, 15) is 4.79 Å². The van der Waals surface area contributed by atoms with E-state index in [1.54, 1.807) is 0 Å². The van der Waals surface area contributed by atoms with Crippen molar-refractivity contribution in [3.05, 3.63) is 5.82 Å². The number of hydrogen-bond acceptors (Lipinski definition) is 4. The maximum Gasteiger partial charge on any atom is 0.313 e. The summed E-state index contributed by atoms with van der Waals surface area (Å²) in [5.74, 6) is 0.839. The molecular weight excluding hydrogens is 250 g/mol. The Morgan fingerprint density at radius 2 is 2.28 bits per heavy atom. The van der Waals surface area contributed by atoms with Gasteiger partial charge in [0, 0.05) is 12.5 Å². The highest BCUT2D eigenvalue weighted by Crippen LogP contribution is 2.39. The predicted molar refractivity (Wildman–Crippen MR) is 69.8 cm³/mol. The zero-order valence-corrected chi connectivity index (χ0v) is 11.6. The molecule has 18 heavy (non-hydrogen) atoms. The standard InChI is InChI=1S/C12H19N3O2S/c1-3-8(2)6-10-13-14-12(18-7-11(16)17)15(10)9-4-5-9/h8-9H,3-7H2,1-2H3,(H,16,17). The highest BCUT2D eigenvalue weighted by atomic mass is 32.2. The van der Waals surface area contributed by atoms with Crippen molar-refractivity contribution >= 4 is 17.7 Å². The maximum absolute atomic E-state index is 10.6. The van der Waals surface area contributed by atoms with Gasteiger partial charge in [-0.1, -0.05) is 32.0 Å². The molecule has 0 saturated heterocycles. The van der Waals surface area contributed by atoms with Crippen LogP contribution in [0.3, 0.4) is 0 Å². The molecule has 0 amide bonds. The minimum Gasteiger partial charge on any atom is -0.481 e. The summed E-state index contributed by atoms with van der Waals surface area (Å²) in [5.41, 5.74) is 0. The van der Waals surface area contributed by atoms with Gasteiger partial charge in [-0.05, 0) is 18.8 Å². The van der Waals surface area contributed by atoms with Crippen molar-refractivity contribution in [3.8, 4) is 0 Å². The van der Waals surface area contributed by atoms with Crippen LogP contribution in [0.15, 0.2) is 5.16 Å². The van der Waals surface area contributed by atoms with Crippen LogP contribution in [0.1, 0.15) is 45.0 Å². The number of nitrogens with zero attached hydrogens (tertiary/aromatic N) is 3. The lowest BCUT2D eigenvalue weighted by molar-refractivity contribution is -0.133. The van der Waals surface area contributed by atoms with Gasteiger partial charge in [0.05, 0.1) is 5.75 Å². The van der Waals surface area contributed by atoms with Crippen molar-refractivity contribution in [2.24, 2.45) is 5.92 Å². The smallest absolute Gasteiger partial charge is 0.313 e. The average Bonchev–Trinajstić information content (AvgIpc) is 3.09. The molecule has 0 bridgehead atoms. The Labute approximate surface area is 111 Å². The van der Waals surface area contributed by atoms with E-state index in [0.29, 0.717) is 12.0 Å². The molecule has 1 aliphatic carbocycles. The van der Waals surface area contributed by atoms with Crippen LogP contribution in [-0.4, -0.2) is 31.6 Å². The fourth-order valence-corrected chi connectivity index (χ4v) is 2.57. The van der Waals surface area contributed by atoms with E-state index in [2.05, 4.69) is 28.6 Å². The summed E-state index contributed by atoms with van der Waals surface area (Å²) in [6.45, 7) is 4.37. The molecule has 0 aliphatic heterocycles. The van der Waals surface area contributed by atoms with Crippen molar-refractivity contribution in [1.29, 1.82) is 0 Å². The second-order valence-electron chi connectivity index (χ2n) is 4.90. The number of carboxylic acid groups (broad SMARTS) is 1. The van der Waals surface area contributed by atoms with Gasteiger partial charge in [-0.25, -0.2) is 0 Å². The van der Waals surface area contributed by atoms with Crippen LogP contribution in [0, 0.1) is 5.92 Å². The van der Waals surface area contributed by atoms with Crippen LogP contribution in [0.5, 0.6) is 0 Å². The Balaban J connectivity index is 2.12. The normalized spacial score (nSPS) is 16.8. The zero-order chi connectivity index (χ0) is 13.1. The molecule has 1 aliphatic rings. The van der Waals surface area contributed by atoms with Crippen molar-refractivity contribution in [1.82, 2.24) is 14.8 Å². The minimum atomic E-state index is -0.811. The average molecular weight is 269 g/mol. The van der Waals surface area contributed by atoms with Gasteiger partial charge < -0.3 is 9.67 Å². The predicted octanol–water partition coefficient (Wildman–Crippen LogP) is 2.38. The van der Waals surface area contributed by atoms with E-state index in [1.165, 1.54) is 11.8 Å². The van der Waals surface area contributed by atoms with Gasteiger partial charge in [0.2, 0.25) is 0 Å². The molecule has 1 saturated carbocycles. The van der Waals surface area contributed by atoms with Gasteiger partial charge in [0.25, 0.3) is 0 Å². The molecule has 0 spiro atoms. The van der Waals surface area contributed by atoms with E-state index in [1.807, 2.05) is 0 Å². The summed E-state index contributed by atoms with van der Waals surface area (Å²) >= 11 is 1.27. The van der Waals surface area contributed by atoms with Crippen LogP contribution in [-0.2, 0) is 11.2 Å². The second-order valence-corrected chi connectivity index (χ2v) is 5.84. The molecule has 5 nitrogen and oxygen atoms in total. The lowest BCUT2D eigenvalue weighted by Gasteiger charge is -2.11. The summed E-state index contributed by atoms with van der Waals surface area (Å²) in [7, 11) is 0. The SMILES string of the molecule is CCC(C)Cc1nnc(SCC(=O)O)n1C1CC1. The van der Waals surface area contributed by atoms with E-state index in [0.717, 1.165) is 36.7 Å². The van der Waals surface area contributed by atoms with Crippen LogP contribution < -0.4 is 0 Å². The Kier molecular flexibility index (Phi) is 4.27. The molecule has 1 aromatic rings. The molecular formula is C12H19N3O2S. The summed E-state index contributed by atoms with van der Waals surface area (Å²) in [5, 5.41) is 17.9. The molecule has 2 rings (SSSR count). The highest BCUT2D eigenvalue weighted by Gasteiger charge is 2.30. The lowest BCUT2D eigenvalue weighted by atomic mass is 10.1. The molecule has 0 aromatic carbocycles. The fraction of sp³-hybridized carbons (Fsp3) is 0.750. The van der Waals surface area contributed by atoms with Crippen LogP contribution in [0.2, 0.25) is 0 Å². The number of aliphatic carboxylic acids is 1. The van der Waals surface area contributed by atoms with Crippen molar-refractivity contribution in [2.45, 2.75) is 50.7 Å². The first-order valence-corrected chi connectivity index (χ1v) is 7.38. The molecule has 6 heteroatoms. The number of thioether (sulfide) groups is 1. The fourth-order valence-electron chi connectivity index (χ4n) is 1.83. The van der Waals surface area contributed by atoms with Crippen LogP contribution in [0.25, 0.3) is 0 Å². The maximum atomic E-state index is 10.6. The third-order valence-corrected chi connectivity index (χ3v) is 4.13. The van der Waals surface area contributed by atoms with E-state index in [4.69, 9.17) is 5.11 Å². The number of aromatic nitrogens is 3. The van der Waals surface area contributed by atoms with Gasteiger partial charge in [-0.2, -0.15) is 0 Å². The number of hydrogen-bond donors (Lipinski definition) is 1. The quantitative estimate of drug-likeness (QED) is 0.770. The van der Waals surface area contributed by atoms with Gasteiger partial charge in [0.1, 0.15) is 5.82 Å². The molecule has 1 atom stereocenters. The molecule has 0 radical (unpaired) electrons. The molecule has 1 N–H and O–H groups in total. The van der Waals surface area contributed by atoms with Gasteiger partial charge in [0.15, 0.2) is 5.16 Å². The summed E-state index contributed by atoms with van der Waals surface area (Å²) < 4.78 is 2.15. The molecule has 100 valence electrons. The van der Waals surface area contributed by atoms with Crippen LogP contribution >= 0.6 is 11.8 Å². The zero-order valence-electron chi connectivity index (χ0n) is 10.8. The first-order chi connectivity index (χ1) is 8.61. The van der Waals surface area contributed by atoms with Gasteiger partial charge in [-0.15, -0.1) is 10.2 Å². The van der Waals surface area contributed by atoms with Gasteiger partial charge >= 0.3 is 5.97 Å². The summed E-state index contributed by atoms with van der Waals surface area (Å²) in [6, 6.07) is 0.496. The van der Waals surface area contributed by atoms with E-state index in [-0.39, 0.29) is 5.75 Å². The topological polar surface area (TPSA) is 68.0 Å². The second kappa shape index (κ2) is 5.73. The number of carbonyl (C=O) groups is 1. The minimum absolute atomic E-state index is 0.0498. The van der Waals surface area contributed by atoms with Crippen molar-refractivity contribution in [3.63, 3.8) is 0 Å². The largest absolute Gasteiger partial charge is 0.481 e. The van der Waals surface area contributed by atoms with Crippen LogP contribution in [0.4, 0.5) is 0 Å². The lowest BCUT2D eigenvalue weighted by Crippen LogP contribution is -2.08. The van der Waals surface area contributed by atoms with E-state index >= 15 is 0 Å². The van der Waals surface area contributed by atoms with Crippen molar-refractivity contribution in [2.75, 3.05) is 5.75 Å². The molecule has 1 fully saturated rings. The Morgan fingerprint density at radius 3 is 2.83 bits per heavy atom. The first-order valence-electron chi connectivity index (χ1n) is 6.40. The van der Waals surface area contributed by atoms with E-state index < -0.39 is 5.97 Å². The highest BCUT2D eigenvalue weighted by molar-refractivity contribution is 7.99. The monoisotopic (exact) mass is 269 g/mol. The Hall–Kier alpha value is -1.04. The molecule has 1 unspecified atom stereocenters. The third-order valence-electron chi connectivity index (χ3n) is 3.20. The van der Waals surface area contributed by atoms with Crippen molar-refractivity contribution < 1.29 is 9.90 Å². The Morgan fingerprint density at radius 1 is 1.56 bits per heavy atom. The summed E-state index contributed by atoms with van der Waals surface area (Å²) in [6.07, 6.45) is 4.36. The number of rotatable bonds is 7. The van der Waals surface area contributed by atoms with Gasteiger partial charge in [-0.3, -0.25) is 4.79 Å². The molecule has 1 aromatic heterocycles. The number of carboxylic acids is 1. The first kappa shape index (κ1) is 13.4.